The molecular formula is C20H26F6N2O7S2. The summed E-state index contributed by atoms with van der Waals surface area (Å²) in [6, 6.07) is -1.66. The molecule has 0 amide bonds. The van der Waals surface area contributed by atoms with Crippen LogP contribution >= 0.6 is 23.5 Å². The van der Waals surface area contributed by atoms with Crippen molar-refractivity contribution in [3.63, 3.8) is 0 Å². The first kappa shape index (κ1) is 30.4. The first-order valence-electron chi connectivity index (χ1n) is 11.1. The lowest BCUT2D eigenvalue weighted by Gasteiger charge is -2.40. The van der Waals surface area contributed by atoms with Crippen LogP contribution in [0.1, 0.15) is 20.8 Å². The number of aliphatic imine (C=N–C) groups is 2. The minimum absolute atomic E-state index is 0.0347. The smallest absolute Gasteiger partial charge is 0.439 e. The second kappa shape index (κ2) is 11.6. The average Bonchev–Trinajstić information content (AvgIpc) is 3.43. The summed E-state index contributed by atoms with van der Waals surface area (Å²) in [5.74, 6) is -0.531. The van der Waals surface area contributed by atoms with E-state index in [0.29, 0.717) is 23.5 Å². The van der Waals surface area contributed by atoms with E-state index in [4.69, 9.17) is 19.3 Å². The highest BCUT2D eigenvalue weighted by molar-refractivity contribution is 8.15. The van der Waals surface area contributed by atoms with E-state index in [1.54, 1.807) is 0 Å². The van der Waals surface area contributed by atoms with Crippen LogP contribution in [-0.4, -0.2) is 104 Å². The van der Waals surface area contributed by atoms with E-state index in [-0.39, 0.29) is 18.4 Å². The molecule has 17 heteroatoms. The van der Waals surface area contributed by atoms with Crippen molar-refractivity contribution in [2.75, 3.05) is 13.2 Å². The van der Waals surface area contributed by atoms with Crippen LogP contribution in [0.25, 0.3) is 0 Å². The summed E-state index contributed by atoms with van der Waals surface area (Å²) >= 11 is 0.955. The summed E-state index contributed by atoms with van der Waals surface area (Å²) in [4.78, 5) is 17.9. The van der Waals surface area contributed by atoms with Crippen molar-refractivity contribution in [2.45, 2.75) is 80.5 Å². The zero-order valence-electron chi connectivity index (χ0n) is 19.6. The molecule has 37 heavy (non-hydrogen) atoms. The summed E-state index contributed by atoms with van der Waals surface area (Å²) in [5.41, 5.74) is -1.68. The van der Waals surface area contributed by atoms with Crippen molar-refractivity contribution in [1.29, 1.82) is 0 Å². The van der Waals surface area contributed by atoms with E-state index in [1.165, 1.54) is 6.92 Å². The van der Waals surface area contributed by atoms with E-state index < -0.39 is 82.4 Å². The van der Waals surface area contributed by atoms with Gasteiger partial charge in [-0.15, -0.1) is 0 Å². The number of hydrogen-bond donors (Lipinski definition) is 3. The molecule has 0 aliphatic carbocycles. The first-order valence-corrected chi connectivity index (χ1v) is 12.8. The summed E-state index contributed by atoms with van der Waals surface area (Å²) in [7, 11) is 0. The van der Waals surface area contributed by atoms with E-state index >= 15 is 0 Å². The largest absolute Gasteiger partial charge is 0.463 e. The summed E-state index contributed by atoms with van der Waals surface area (Å²) in [5, 5.41) is 26.0. The van der Waals surface area contributed by atoms with Crippen LogP contribution in [0, 0.1) is 11.8 Å². The number of rotatable bonds is 3. The van der Waals surface area contributed by atoms with E-state index in [1.807, 2.05) is 13.8 Å². The quantitative estimate of drug-likeness (QED) is 0.338. The summed E-state index contributed by atoms with van der Waals surface area (Å²) in [6.07, 6.45) is -13.4. The zero-order valence-corrected chi connectivity index (χ0v) is 21.3. The van der Waals surface area contributed by atoms with E-state index in [2.05, 4.69) is 9.98 Å². The van der Waals surface area contributed by atoms with Gasteiger partial charge in [0.05, 0.1) is 18.8 Å². The molecule has 4 aliphatic heterocycles. The third-order valence-corrected chi connectivity index (χ3v) is 8.68. The van der Waals surface area contributed by atoms with Gasteiger partial charge in [0.2, 0.25) is 0 Å². The average molecular weight is 585 g/mol. The Labute approximate surface area is 216 Å². The number of fused-ring (bicyclic) bond motifs is 2. The van der Waals surface area contributed by atoms with E-state index in [9.17, 15) is 41.4 Å². The fourth-order valence-electron chi connectivity index (χ4n) is 4.07. The third-order valence-electron chi connectivity index (χ3n) is 6.31. The Morgan fingerprint density at radius 1 is 0.892 bits per heavy atom. The van der Waals surface area contributed by atoms with Crippen molar-refractivity contribution in [3.05, 3.63) is 0 Å². The summed E-state index contributed by atoms with van der Waals surface area (Å²) in [6.45, 7) is 4.50. The van der Waals surface area contributed by atoms with Gasteiger partial charge in [0.15, 0.2) is 10.1 Å². The molecule has 4 unspecified atom stereocenters. The highest BCUT2D eigenvalue weighted by Gasteiger charge is 2.53. The molecular weight excluding hydrogens is 558 g/mol. The number of hydrogen-bond acceptors (Lipinski definition) is 11. The topological polar surface area (TPSA) is 130 Å². The lowest BCUT2D eigenvalue weighted by atomic mass is 9.83. The van der Waals surface area contributed by atoms with Gasteiger partial charge in [0, 0.05) is 6.92 Å². The number of aliphatic hydroxyl groups is 3. The number of aliphatic hydroxyl groups excluding tert-OH is 3. The summed E-state index contributed by atoms with van der Waals surface area (Å²) < 4.78 is 90.9. The van der Waals surface area contributed by atoms with Gasteiger partial charge >= 0.3 is 18.3 Å². The molecule has 0 bridgehead atoms. The molecule has 0 saturated carbocycles. The van der Waals surface area contributed by atoms with Crippen molar-refractivity contribution in [1.82, 2.24) is 0 Å². The molecule has 4 rings (SSSR count). The molecule has 0 aromatic rings. The lowest BCUT2D eigenvalue weighted by Crippen LogP contribution is -2.55. The molecule has 0 radical (unpaired) electrons. The van der Waals surface area contributed by atoms with Crippen LogP contribution in [0.3, 0.4) is 0 Å². The maximum atomic E-state index is 12.7. The minimum Gasteiger partial charge on any atom is -0.463 e. The van der Waals surface area contributed by atoms with Crippen LogP contribution in [0.5, 0.6) is 0 Å². The Bertz CT molecular complexity index is 905. The molecule has 3 N–H and O–H groups in total. The van der Waals surface area contributed by atoms with Crippen molar-refractivity contribution in [3.8, 4) is 0 Å². The maximum absolute atomic E-state index is 12.7. The van der Waals surface area contributed by atoms with Gasteiger partial charge in [-0.2, -0.15) is 26.3 Å². The number of ether oxygens (including phenoxy) is 3. The molecule has 10 atom stereocenters. The predicted octanol–water partition coefficient (Wildman–Crippen LogP) is 2.12. The Balaban J connectivity index is 0.000000208. The molecule has 212 valence electrons. The van der Waals surface area contributed by atoms with Gasteiger partial charge in [0.1, 0.15) is 41.8 Å². The van der Waals surface area contributed by atoms with Crippen LogP contribution in [-0.2, 0) is 19.0 Å². The maximum Gasteiger partial charge on any atom is 0.439 e. The predicted molar refractivity (Wildman–Crippen MR) is 121 cm³/mol. The second-order valence-corrected chi connectivity index (χ2v) is 11.0. The number of halogens is 6. The van der Waals surface area contributed by atoms with Crippen LogP contribution in [0.2, 0.25) is 0 Å². The first-order chi connectivity index (χ1) is 17.0. The van der Waals surface area contributed by atoms with Gasteiger partial charge in [-0.05, 0) is 11.8 Å². The number of alkyl halides is 6. The highest BCUT2D eigenvalue weighted by atomic mass is 32.2. The van der Waals surface area contributed by atoms with Gasteiger partial charge < -0.3 is 29.5 Å². The van der Waals surface area contributed by atoms with Crippen LogP contribution in [0.15, 0.2) is 9.98 Å². The Kier molecular flexibility index (Phi) is 9.50. The Morgan fingerprint density at radius 2 is 1.38 bits per heavy atom. The fourth-order valence-corrected chi connectivity index (χ4v) is 6.35. The van der Waals surface area contributed by atoms with Gasteiger partial charge in [0.25, 0.3) is 0 Å². The highest BCUT2D eigenvalue weighted by Crippen LogP contribution is 2.45. The second-order valence-electron chi connectivity index (χ2n) is 8.85. The minimum atomic E-state index is -4.59. The Hall–Kier alpha value is -1.11. The SMILES string of the molecule is CC(=O)OC[C@H]1OC2SC(C(F)(F)F)=NC2[C@@H](C)[C@@H]1C.OC[C@H]1OC2SC(C(F)(F)F)=NC2[C@@H](O)[C@@H]1O. The van der Waals surface area contributed by atoms with Crippen molar-refractivity contribution >= 4 is 39.6 Å². The number of carbonyl (C=O) groups excluding carboxylic acids is 1. The molecule has 0 aromatic heterocycles. The third kappa shape index (κ3) is 6.91. The lowest BCUT2D eigenvalue weighted by molar-refractivity contribution is -0.164. The molecule has 9 nitrogen and oxygen atoms in total. The number of carbonyl (C=O) groups is 1. The fraction of sp³-hybridized carbons (Fsp3) is 0.850. The van der Waals surface area contributed by atoms with Gasteiger partial charge in [-0.3, -0.25) is 14.8 Å². The molecule has 4 aliphatic rings. The zero-order chi connectivity index (χ0) is 27.9. The number of nitrogens with zero attached hydrogens (tertiary/aromatic N) is 2. The standard InChI is InChI=1S/C12H16F3NO3S.C8H10F3NO4S/c1-5-6(2)9-10(19-8(5)4-18-7(3)17)20-11(16-9)12(13,14)15;9-8(10,11)7-12-3-5(15)4(14)2(1-13)16-6(3)17-7/h5-6,8-10H,4H2,1-3H3;2-6,13-15H,1H2/t5-,6-,8+,9?,10?;2-,3?,4-,5-,6?/m01/s1. The monoisotopic (exact) mass is 584 g/mol. The number of thioether (sulfide) groups is 2. The van der Waals surface area contributed by atoms with Crippen LogP contribution in [0.4, 0.5) is 26.3 Å². The molecule has 4 heterocycles. The molecule has 0 spiro atoms. The van der Waals surface area contributed by atoms with Crippen molar-refractivity contribution < 1.29 is 60.7 Å². The number of esters is 1. The van der Waals surface area contributed by atoms with Crippen molar-refractivity contribution in [2.24, 2.45) is 21.8 Å². The Morgan fingerprint density at radius 3 is 1.86 bits per heavy atom. The normalized spacial score (nSPS) is 39.6. The van der Waals surface area contributed by atoms with E-state index in [0.717, 1.165) is 0 Å². The van der Waals surface area contributed by atoms with Crippen LogP contribution < -0.4 is 0 Å². The molecule has 2 fully saturated rings. The van der Waals surface area contributed by atoms with Gasteiger partial charge in [-0.25, -0.2) is 0 Å². The van der Waals surface area contributed by atoms with Gasteiger partial charge in [-0.1, -0.05) is 37.4 Å². The molecule has 0 aromatic carbocycles. The molecule has 2 saturated heterocycles.